The van der Waals surface area contributed by atoms with Crippen LogP contribution < -0.4 is 5.32 Å². The first kappa shape index (κ1) is 10.5. The van der Waals surface area contributed by atoms with Gasteiger partial charge in [-0.15, -0.1) is 0 Å². The minimum atomic E-state index is 0.141. The van der Waals surface area contributed by atoms with E-state index in [1.807, 2.05) is 6.92 Å². The Hall–Kier alpha value is -1.60. The van der Waals surface area contributed by atoms with E-state index in [0.29, 0.717) is 18.0 Å². The molecule has 1 aromatic heterocycles. The average molecular weight is 191 g/mol. The van der Waals surface area contributed by atoms with Crippen LogP contribution in [0.5, 0.6) is 0 Å². The standard InChI is InChI=1S/C10H13N3O/c1-8(7-14-2)13-10-9(6-11)4-3-5-12-10/h3-5,8H,7H2,1-2H3,(H,12,13). The molecule has 0 radical (unpaired) electrons. The van der Waals surface area contributed by atoms with Gasteiger partial charge in [-0.05, 0) is 19.1 Å². The first-order valence-corrected chi connectivity index (χ1v) is 4.38. The first-order chi connectivity index (χ1) is 6.77. The number of pyridine rings is 1. The highest BCUT2D eigenvalue weighted by Crippen LogP contribution is 2.10. The molecule has 0 fully saturated rings. The molecule has 0 aliphatic heterocycles. The summed E-state index contributed by atoms with van der Waals surface area (Å²) in [4.78, 5) is 4.08. The predicted molar refractivity (Wildman–Crippen MR) is 53.9 cm³/mol. The normalized spacial score (nSPS) is 11.8. The van der Waals surface area contributed by atoms with Gasteiger partial charge in [0.05, 0.1) is 12.2 Å². The zero-order valence-electron chi connectivity index (χ0n) is 8.32. The molecule has 1 aromatic rings. The van der Waals surface area contributed by atoms with E-state index in [9.17, 15) is 0 Å². The van der Waals surface area contributed by atoms with E-state index >= 15 is 0 Å². The summed E-state index contributed by atoms with van der Waals surface area (Å²) in [5.41, 5.74) is 0.551. The van der Waals surface area contributed by atoms with Crippen LogP contribution >= 0.6 is 0 Å². The number of nitriles is 1. The molecule has 0 saturated carbocycles. The van der Waals surface area contributed by atoms with Crippen molar-refractivity contribution in [2.24, 2.45) is 0 Å². The second kappa shape index (κ2) is 5.20. The highest BCUT2D eigenvalue weighted by molar-refractivity contribution is 5.51. The summed E-state index contributed by atoms with van der Waals surface area (Å²) in [6, 6.07) is 5.69. The van der Waals surface area contributed by atoms with Crippen molar-refractivity contribution in [3.63, 3.8) is 0 Å². The molecule has 4 heteroatoms. The van der Waals surface area contributed by atoms with Gasteiger partial charge in [-0.2, -0.15) is 5.26 Å². The molecule has 0 spiro atoms. The number of nitrogens with zero attached hydrogens (tertiary/aromatic N) is 2. The number of rotatable bonds is 4. The zero-order valence-corrected chi connectivity index (χ0v) is 8.32. The second-order valence-electron chi connectivity index (χ2n) is 3.01. The summed E-state index contributed by atoms with van der Waals surface area (Å²) in [6.45, 7) is 2.56. The molecular weight excluding hydrogens is 178 g/mol. The molecule has 0 bridgehead atoms. The lowest BCUT2D eigenvalue weighted by Crippen LogP contribution is -2.21. The summed E-state index contributed by atoms with van der Waals surface area (Å²) in [6.07, 6.45) is 1.66. The van der Waals surface area contributed by atoms with Crippen LogP contribution in [0.15, 0.2) is 18.3 Å². The molecule has 1 heterocycles. The van der Waals surface area contributed by atoms with Crippen molar-refractivity contribution in [2.75, 3.05) is 19.0 Å². The summed E-state index contributed by atoms with van der Waals surface area (Å²) in [5.74, 6) is 0.611. The van der Waals surface area contributed by atoms with Gasteiger partial charge in [0.25, 0.3) is 0 Å². The minimum Gasteiger partial charge on any atom is -0.383 e. The Balaban J connectivity index is 2.71. The quantitative estimate of drug-likeness (QED) is 0.781. The van der Waals surface area contributed by atoms with Gasteiger partial charge in [-0.1, -0.05) is 0 Å². The number of methoxy groups -OCH3 is 1. The van der Waals surface area contributed by atoms with Gasteiger partial charge in [0, 0.05) is 19.3 Å². The van der Waals surface area contributed by atoms with Gasteiger partial charge in [0.1, 0.15) is 11.9 Å². The van der Waals surface area contributed by atoms with E-state index in [1.54, 1.807) is 25.4 Å². The van der Waals surface area contributed by atoms with Gasteiger partial charge in [-0.25, -0.2) is 4.98 Å². The van der Waals surface area contributed by atoms with Crippen LogP contribution in [0.4, 0.5) is 5.82 Å². The molecular formula is C10H13N3O. The van der Waals surface area contributed by atoms with Crippen LogP contribution in [0.2, 0.25) is 0 Å². The number of aromatic nitrogens is 1. The molecule has 0 saturated heterocycles. The largest absolute Gasteiger partial charge is 0.383 e. The summed E-state index contributed by atoms with van der Waals surface area (Å²) >= 11 is 0. The summed E-state index contributed by atoms with van der Waals surface area (Å²) in [5, 5.41) is 11.9. The molecule has 0 aliphatic carbocycles. The van der Waals surface area contributed by atoms with E-state index in [-0.39, 0.29) is 6.04 Å². The molecule has 1 atom stereocenters. The van der Waals surface area contributed by atoms with Crippen LogP contribution in [0.3, 0.4) is 0 Å². The average Bonchev–Trinajstić information content (AvgIpc) is 2.19. The fourth-order valence-electron chi connectivity index (χ4n) is 1.14. The maximum atomic E-state index is 8.80. The molecule has 4 nitrogen and oxygen atoms in total. The maximum absolute atomic E-state index is 8.80. The number of anilines is 1. The second-order valence-corrected chi connectivity index (χ2v) is 3.01. The Bertz CT molecular complexity index is 332. The number of ether oxygens (including phenoxy) is 1. The SMILES string of the molecule is COCC(C)Nc1ncccc1C#N. The Morgan fingerprint density at radius 1 is 1.71 bits per heavy atom. The van der Waals surface area contributed by atoms with Crippen LogP contribution in [0.25, 0.3) is 0 Å². The van der Waals surface area contributed by atoms with Crippen molar-refractivity contribution >= 4 is 5.82 Å². The molecule has 1 rings (SSSR count). The minimum absolute atomic E-state index is 0.141. The van der Waals surface area contributed by atoms with Crippen molar-refractivity contribution in [1.29, 1.82) is 5.26 Å². The topological polar surface area (TPSA) is 57.9 Å². The lowest BCUT2D eigenvalue weighted by Gasteiger charge is -2.13. The molecule has 74 valence electrons. The van der Waals surface area contributed by atoms with Crippen LogP contribution in [0.1, 0.15) is 12.5 Å². The fraction of sp³-hybridized carbons (Fsp3) is 0.400. The van der Waals surface area contributed by atoms with Crippen LogP contribution in [-0.2, 0) is 4.74 Å². The third kappa shape index (κ3) is 2.71. The van der Waals surface area contributed by atoms with E-state index in [4.69, 9.17) is 10.00 Å². The molecule has 1 unspecified atom stereocenters. The van der Waals surface area contributed by atoms with Gasteiger partial charge in [0.2, 0.25) is 0 Å². The number of hydrogen-bond acceptors (Lipinski definition) is 4. The summed E-state index contributed by atoms with van der Waals surface area (Å²) in [7, 11) is 1.64. The molecule has 14 heavy (non-hydrogen) atoms. The molecule has 0 amide bonds. The Labute approximate surface area is 83.5 Å². The van der Waals surface area contributed by atoms with Gasteiger partial charge in [0.15, 0.2) is 0 Å². The first-order valence-electron chi connectivity index (χ1n) is 4.38. The van der Waals surface area contributed by atoms with E-state index in [2.05, 4.69) is 16.4 Å². The number of hydrogen-bond donors (Lipinski definition) is 1. The van der Waals surface area contributed by atoms with Gasteiger partial charge >= 0.3 is 0 Å². The van der Waals surface area contributed by atoms with Crippen molar-refractivity contribution in [1.82, 2.24) is 4.98 Å². The zero-order chi connectivity index (χ0) is 10.4. The maximum Gasteiger partial charge on any atom is 0.144 e. The van der Waals surface area contributed by atoms with E-state index in [0.717, 1.165) is 0 Å². The van der Waals surface area contributed by atoms with Gasteiger partial charge in [-0.3, -0.25) is 0 Å². The third-order valence-corrected chi connectivity index (χ3v) is 1.73. The Morgan fingerprint density at radius 3 is 3.14 bits per heavy atom. The predicted octanol–water partition coefficient (Wildman–Crippen LogP) is 1.40. The fourth-order valence-corrected chi connectivity index (χ4v) is 1.14. The van der Waals surface area contributed by atoms with E-state index in [1.165, 1.54) is 0 Å². The van der Waals surface area contributed by atoms with Gasteiger partial charge < -0.3 is 10.1 Å². The molecule has 0 aromatic carbocycles. The lowest BCUT2D eigenvalue weighted by atomic mass is 10.2. The third-order valence-electron chi connectivity index (χ3n) is 1.73. The lowest BCUT2D eigenvalue weighted by molar-refractivity contribution is 0.190. The molecule has 0 aliphatic rings. The number of nitrogens with one attached hydrogen (secondary N) is 1. The monoisotopic (exact) mass is 191 g/mol. The Kier molecular flexibility index (Phi) is 3.89. The van der Waals surface area contributed by atoms with Crippen molar-refractivity contribution < 1.29 is 4.74 Å². The van der Waals surface area contributed by atoms with E-state index < -0.39 is 0 Å². The molecule has 1 N–H and O–H groups in total. The highest BCUT2D eigenvalue weighted by atomic mass is 16.5. The van der Waals surface area contributed by atoms with Crippen molar-refractivity contribution in [3.05, 3.63) is 23.9 Å². The Morgan fingerprint density at radius 2 is 2.50 bits per heavy atom. The summed E-state index contributed by atoms with van der Waals surface area (Å²) < 4.78 is 4.98. The van der Waals surface area contributed by atoms with Crippen LogP contribution in [0, 0.1) is 11.3 Å². The highest BCUT2D eigenvalue weighted by Gasteiger charge is 2.05. The van der Waals surface area contributed by atoms with Crippen molar-refractivity contribution in [2.45, 2.75) is 13.0 Å². The van der Waals surface area contributed by atoms with Crippen LogP contribution in [-0.4, -0.2) is 24.7 Å². The smallest absolute Gasteiger partial charge is 0.144 e. The van der Waals surface area contributed by atoms with Crippen molar-refractivity contribution in [3.8, 4) is 6.07 Å².